The summed E-state index contributed by atoms with van der Waals surface area (Å²) in [5.41, 5.74) is 0.198. The predicted octanol–water partition coefficient (Wildman–Crippen LogP) is 0.701. The first-order valence-corrected chi connectivity index (χ1v) is 4.40. The van der Waals surface area contributed by atoms with E-state index < -0.39 is 5.97 Å². The van der Waals surface area contributed by atoms with Crippen LogP contribution in [0.15, 0.2) is 24.3 Å². The molecule has 0 unspecified atom stereocenters. The van der Waals surface area contributed by atoms with E-state index in [2.05, 4.69) is 15.5 Å². The first kappa shape index (κ1) is 10.1. The number of carbonyl (C=O) groups is 1. The Hall–Kier alpha value is -2.44. The number of hydrogen-bond donors (Lipinski definition) is 1. The number of nitrogens with zero attached hydrogens (tertiary/aromatic N) is 4. The van der Waals surface area contributed by atoms with E-state index in [1.165, 1.54) is 28.9 Å². The van der Waals surface area contributed by atoms with Gasteiger partial charge in [-0.25, -0.2) is 4.79 Å². The molecule has 0 aliphatic heterocycles. The molecular weight excluding hydrogens is 212 g/mol. The summed E-state index contributed by atoms with van der Waals surface area (Å²) in [5.74, 6) is -0.505. The van der Waals surface area contributed by atoms with Crippen LogP contribution in [0, 0.1) is 0 Å². The van der Waals surface area contributed by atoms with Crippen molar-refractivity contribution >= 4 is 5.97 Å². The highest BCUT2D eigenvalue weighted by Crippen LogP contribution is 2.18. The molecule has 7 heteroatoms. The number of carboxylic acids is 1. The second-order valence-corrected chi connectivity index (χ2v) is 3.02. The minimum absolute atomic E-state index is 0.198. The highest BCUT2D eigenvalue weighted by atomic mass is 16.5. The SMILES string of the molecule is Cn1nnnc1Oc1ccc(C(=O)O)cc1. The molecule has 0 amide bonds. The minimum atomic E-state index is -0.980. The van der Waals surface area contributed by atoms with Gasteiger partial charge >= 0.3 is 12.0 Å². The number of aromatic carboxylic acids is 1. The van der Waals surface area contributed by atoms with Crippen molar-refractivity contribution in [2.24, 2.45) is 7.05 Å². The Bertz CT molecular complexity index is 506. The molecule has 0 spiro atoms. The predicted molar refractivity (Wildman–Crippen MR) is 52.3 cm³/mol. The van der Waals surface area contributed by atoms with Gasteiger partial charge in [-0.1, -0.05) is 5.10 Å². The molecular formula is C9H8N4O3. The molecule has 0 aliphatic rings. The Kier molecular flexibility index (Phi) is 2.50. The number of rotatable bonds is 3. The fourth-order valence-corrected chi connectivity index (χ4v) is 1.08. The van der Waals surface area contributed by atoms with Crippen molar-refractivity contribution in [2.75, 3.05) is 0 Å². The van der Waals surface area contributed by atoms with Crippen LogP contribution in [-0.2, 0) is 7.05 Å². The third-order valence-corrected chi connectivity index (χ3v) is 1.89. The van der Waals surface area contributed by atoms with E-state index in [1.807, 2.05) is 0 Å². The van der Waals surface area contributed by atoms with Gasteiger partial charge in [-0.3, -0.25) is 0 Å². The van der Waals surface area contributed by atoms with Gasteiger partial charge in [0.2, 0.25) is 0 Å². The Labute approximate surface area is 90.3 Å². The number of aryl methyl sites for hydroxylation is 1. The molecule has 0 bridgehead atoms. The van der Waals surface area contributed by atoms with Crippen molar-refractivity contribution < 1.29 is 14.6 Å². The van der Waals surface area contributed by atoms with E-state index >= 15 is 0 Å². The summed E-state index contributed by atoms with van der Waals surface area (Å²) >= 11 is 0. The van der Waals surface area contributed by atoms with Gasteiger partial charge in [-0.2, -0.15) is 4.68 Å². The third-order valence-electron chi connectivity index (χ3n) is 1.89. The maximum Gasteiger partial charge on any atom is 0.340 e. The number of hydrogen-bond acceptors (Lipinski definition) is 5. The van der Waals surface area contributed by atoms with Crippen LogP contribution < -0.4 is 4.74 Å². The normalized spacial score (nSPS) is 10.1. The Balaban J connectivity index is 2.17. The number of benzene rings is 1. The van der Waals surface area contributed by atoms with E-state index in [4.69, 9.17) is 9.84 Å². The first-order chi connectivity index (χ1) is 7.66. The summed E-state index contributed by atoms with van der Waals surface area (Å²) in [6.07, 6.45) is 0. The van der Waals surface area contributed by atoms with Gasteiger partial charge in [0.05, 0.1) is 5.56 Å². The van der Waals surface area contributed by atoms with Crippen LogP contribution >= 0.6 is 0 Å². The van der Waals surface area contributed by atoms with Gasteiger partial charge in [0.1, 0.15) is 5.75 Å². The van der Waals surface area contributed by atoms with E-state index in [1.54, 1.807) is 7.05 Å². The summed E-state index contributed by atoms with van der Waals surface area (Å²) in [4.78, 5) is 10.6. The highest BCUT2D eigenvalue weighted by Gasteiger charge is 2.06. The van der Waals surface area contributed by atoms with Gasteiger partial charge in [-0.05, 0) is 34.7 Å². The Morgan fingerprint density at radius 3 is 2.56 bits per heavy atom. The average Bonchev–Trinajstić information content (AvgIpc) is 2.65. The molecule has 2 rings (SSSR count). The van der Waals surface area contributed by atoms with Crippen LogP contribution in [0.3, 0.4) is 0 Å². The lowest BCUT2D eigenvalue weighted by Gasteiger charge is -2.02. The first-order valence-electron chi connectivity index (χ1n) is 4.40. The summed E-state index contributed by atoms with van der Waals surface area (Å²) in [5, 5.41) is 19.3. The summed E-state index contributed by atoms with van der Waals surface area (Å²) in [6.45, 7) is 0. The molecule has 0 saturated carbocycles. The van der Waals surface area contributed by atoms with Crippen molar-refractivity contribution in [3.63, 3.8) is 0 Å². The number of carboxylic acid groups (broad SMARTS) is 1. The van der Waals surface area contributed by atoms with Crippen LogP contribution in [0.5, 0.6) is 11.8 Å². The number of tetrazole rings is 1. The number of aromatic nitrogens is 4. The van der Waals surface area contributed by atoms with E-state index in [-0.39, 0.29) is 11.6 Å². The molecule has 1 aromatic carbocycles. The lowest BCUT2D eigenvalue weighted by atomic mass is 10.2. The van der Waals surface area contributed by atoms with Crippen LogP contribution in [0.2, 0.25) is 0 Å². The molecule has 1 heterocycles. The van der Waals surface area contributed by atoms with Crippen molar-refractivity contribution in [2.45, 2.75) is 0 Å². The van der Waals surface area contributed by atoms with Crippen molar-refractivity contribution in [3.8, 4) is 11.8 Å². The zero-order valence-corrected chi connectivity index (χ0v) is 8.36. The van der Waals surface area contributed by atoms with Gasteiger partial charge in [0.15, 0.2) is 0 Å². The molecule has 0 saturated heterocycles. The van der Waals surface area contributed by atoms with Crippen LogP contribution in [0.4, 0.5) is 0 Å². The van der Waals surface area contributed by atoms with E-state index in [0.29, 0.717) is 5.75 Å². The maximum absolute atomic E-state index is 10.6. The average molecular weight is 220 g/mol. The quantitative estimate of drug-likeness (QED) is 0.818. The number of ether oxygens (including phenoxy) is 1. The summed E-state index contributed by atoms with van der Waals surface area (Å²) < 4.78 is 6.68. The van der Waals surface area contributed by atoms with Crippen LogP contribution in [-0.4, -0.2) is 31.3 Å². The Morgan fingerprint density at radius 2 is 2.06 bits per heavy atom. The molecule has 1 aromatic heterocycles. The topological polar surface area (TPSA) is 90.1 Å². The van der Waals surface area contributed by atoms with Crippen LogP contribution in [0.25, 0.3) is 0 Å². The fourth-order valence-electron chi connectivity index (χ4n) is 1.08. The molecule has 0 fully saturated rings. The zero-order valence-electron chi connectivity index (χ0n) is 8.36. The lowest BCUT2D eigenvalue weighted by molar-refractivity contribution is 0.0697. The van der Waals surface area contributed by atoms with E-state index in [0.717, 1.165) is 0 Å². The highest BCUT2D eigenvalue weighted by molar-refractivity contribution is 5.87. The van der Waals surface area contributed by atoms with Crippen molar-refractivity contribution in [1.82, 2.24) is 20.2 Å². The van der Waals surface area contributed by atoms with Gasteiger partial charge < -0.3 is 9.84 Å². The second-order valence-electron chi connectivity index (χ2n) is 3.02. The molecule has 0 radical (unpaired) electrons. The Morgan fingerprint density at radius 1 is 1.38 bits per heavy atom. The largest absolute Gasteiger partial charge is 0.478 e. The second kappa shape index (κ2) is 3.97. The molecule has 1 N–H and O–H groups in total. The van der Waals surface area contributed by atoms with Crippen molar-refractivity contribution in [3.05, 3.63) is 29.8 Å². The van der Waals surface area contributed by atoms with Gasteiger partial charge in [0, 0.05) is 7.05 Å². The third kappa shape index (κ3) is 1.97. The maximum atomic E-state index is 10.6. The molecule has 82 valence electrons. The smallest absolute Gasteiger partial charge is 0.340 e. The van der Waals surface area contributed by atoms with Crippen molar-refractivity contribution in [1.29, 1.82) is 0 Å². The van der Waals surface area contributed by atoms with Gasteiger partial charge in [-0.15, -0.1) is 0 Å². The molecule has 16 heavy (non-hydrogen) atoms. The molecule has 7 nitrogen and oxygen atoms in total. The zero-order chi connectivity index (χ0) is 11.5. The lowest BCUT2D eigenvalue weighted by Crippen LogP contribution is -1.97. The molecule has 0 atom stereocenters. The minimum Gasteiger partial charge on any atom is -0.478 e. The van der Waals surface area contributed by atoms with Crippen LogP contribution in [0.1, 0.15) is 10.4 Å². The molecule has 0 aliphatic carbocycles. The summed E-state index contributed by atoms with van der Waals surface area (Å²) in [6, 6.07) is 6.21. The van der Waals surface area contributed by atoms with E-state index in [9.17, 15) is 4.79 Å². The van der Waals surface area contributed by atoms with Gasteiger partial charge in [0.25, 0.3) is 0 Å². The standard InChI is InChI=1S/C9H8N4O3/c1-13-9(10-11-12-13)16-7-4-2-6(3-5-7)8(14)15/h2-5H,1H3,(H,14,15). The summed E-state index contributed by atoms with van der Waals surface area (Å²) in [7, 11) is 1.64. The fraction of sp³-hybridized carbons (Fsp3) is 0.111. The molecule has 2 aromatic rings. The monoisotopic (exact) mass is 220 g/mol.